The van der Waals surface area contributed by atoms with E-state index in [2.05, 4.69) is 0 Å². The molecule has 0 spiro atoms. The molecule has 6 heteroatoms. The van der Waals surface area contributed by atoms with Crippen LogP contribution >= 0.6 is 11.6 Å². The molecule has 0 aliphatic heterocycles. The number of hydrogen-bond acceptors (Lipinski definition) is 4. The number of ketones is 1. The Hall–Kier alpha value is -1.93. The van der Waals surface area contributed by atoms with Crippen molar-refractivity contribution in [3.8, 4) is 6.07 Å². The van der Waals surface area contributed by atoms with E-state index in [9.17, 15) is 14.9 Å². The maximum atomic E-state index is 11.2. The van der Waals surface area contributed by atoms with Gasteiger partial charge in [0.15, 0.2) is 5.78 Å². The molecular weight excluding hydrogens is 244 g/mol. The zero-order valence-corrected chi connectivity index (χ0v) is 9.77. The molecule has 1 aromatic carbocycles. The van der Waals surface area contributed by atoms with E-state index in [1.54, 1.807) is 0 Å². The molecule has 0 amide bonds. The molecule has 0 bridgehead atoms. The van der Waals surface area contributed by atoms with Crippen molar-refractivity contribution in [1.29, 1.82) is 5.26 Å². The fourth-order valence-electron chi connectivity index (χ4n) is 1.41. The third kappa shape index (κ3) is 3.02. The Labute approximate surface area is 103 Å². The molecule has 1 rings (SSSR count). The van der Waals surface area contributed by atoms with Gasteiger partial charge >= 0.3 is 0 Å². The fraction of sp³-hybridized carbons (Fsp3) is 0.273. The summed E-state index contributed by atoms with van der Waals surface area (Å²) in [6.07, 6.45) is -0.0203. The summed E-state index contributed by atoms with van der Waals surface area (Å²) in [5, 5.41) is 18.4. The van der Waals surface area contributed by atoms with Crippen LogP contribution in [0.3, 0.4) is 0 Å². The Morgan fingerprint density at radius 1 is 1.65 bits per heavy atom. The number of benzene rings is 1. The number of rotatable bonds is 4. The lowest BCUT2D eigenvalue weighted by Crippen LogP contribution is -2.05. The highest BCUT2D eigenvalue weighted by atomic mass is 35.5. The Morgan fingerprint density at radius 2 is 2.29 bits per heavy atom. The molecule has 1 aromatic rings. The largest absolute Gasteiger partial charge is 0.298 e. The number of carbonyl (C=O) groups is 1. The molecule has 0 fully saturated rings. The first-order valence-corrected chi connectivity index (χ1v) is 5.19. The molecule has 17 heavy (non-hydrogen) atoms. The average Bonchev–Trinajstić information content (AvgIpc) is 2.28. The van der Waals surface area contributed by atoms with Crippen molar-refractivity contribution in [2.45, 2.75) is 18.7 Å². The van der Waals surface area contributed by atoms with Crippen molar-refractivity contribution < 1.29 is 9.72 Å². The molecule has 0 heterocycles. The molecule has 1 atom stereocenters. The minimum absolute atomic E-state index is 0.0203. The van der Waals surface area contributed by atoms with E-state index in [1.807, 2.05) is 6.07 Å². The van der Waals surface area contributed by atoms with Gasteiger partial charge in [0.25, 0.3) is 5.69 Å². The van der Waals surface area contributed by atoms with Crippen molar-refractivity contribution >= 4 is 23.1 Å². The molecule has 0 saturated carbocycles. The Morgan fingerprint density at radius 3 is 2.76 bits per heavy atom. The van der Waals surface area contributed by atoms with Gasteiger partial charge in [-0.2, -0.15) is 5.26 Å². The maximum Gasteiger partial charge on any atom is 0.269 e. The van der Waals surface area contributed by atoms with E-state index in [0.29, 0.717) is 11.1 Å². The number of non-ortho nitro benzene ring substituents is 1. The van der Waals surface area contributed by atoms with Crippen LogP contribution in [0, 0.1) is 21.4 Å². The van der Waals surface area contributed by atoms with E-state index in [0.717, 1.165) is 0 Å². The monoisotopic (exact) mass is 252 g/mol. The Balaban J connectivity index is 3.27. The standard InChI is InChI=1S/C11H9ClN2O3/c1-7(15)11(12)10-3-2-9(14(16)17)6-8(10)4-5-13/h2-3,6,11H,4H2,1H3. The van der Waals surface area contributed by atoms with E-state index < -0.39 is 10.3 Å². The fourth-order valence-corrected chi connectivity index (χ4v) is 1.62. The van der Waals surface area contributed by atoms with Crippen LogP contribution < -0.4 is 0 Å². The minimum Gasteiger partial charge on any atom is -0.298 e. The molecule has 1 unspecified atom stereocenters. The summed E-state index contributed by atoms with van der Waals surface area (Å²) < 4.78 is 0. The number of halogens is 1. The van der Waals surface area contributed by atoms with E-state index >= 15 is 0 Å². The summed E-state index contributed by atoms with van der Waals surface area (Å²) in [6, 6.07) is 5.86. The molecule has 88 valence electrons. The van der Waals surface area contributed by atoms with Crippen molar-refractivity contribution in [2.75, 3.05) is 0 Å². The van der Waals surface area contributed by atoms with Gasteiger partial charge in [0.1, 0.15) is 5.38 Å². The van der Waals surface area contributed by atoms with Crippen molar-refractivity contribution in [1.82, 2.24) is 0 Å². The minimum atomic E-state index is -0.876. The van der Waals surface area contributed by atoms with Crippen LogP contribution in [-0.4, -0.2) is 10.7 Å². The van der Waals surface area contributed by atoms with Crippen LogP contribution in [0.25, 0.3) is 0 Å². The molecule has 5 nitrogen and oxygen atoms in total. The van der Waals surface area contributed by atoms with Crippen LogP contribution in [0.2, 0.25) is 0 Å². The number of nitrogens with zero attached hydrogens (tertiary/aromatic N) is 2. The lowest BCUT2D eigenvalue weighted by molar-refractivity contribution is -0.384. The lowest BCUT2D eigenvalue weighted by atomic mass is 9.99. The summed E-state index contributed by atoms with van der Waals surface area (Å²) in [5.41, 5.74) is 0.745. The van der Waals surface area contributed by atoms with Crippen LogP contribution in [0.4, 0.5) is 5.69 Å². The van der Waals surface area contributed by atoms with Crippen molar-refractivity contribution in [3.63, 3.8) is 0 Å². The summed E-state index contributed by atoms with van der Waals surface area (Å²) in [4.78, 5) is 21.2. The summed E-state index contributed by atoms with van der Waals surface area (Å²) in [7, 11) is 0. The van der Waals surface area contributed by atoms with Crippen LogP contribution in [0.5, 0.6) is 0 Å². The van der Waals surface area contributed by atoms with Crippen LogP contribution in [-0.2, 0) is 11.2 Å². The third-order valence-corrected chi connectivity index (χ3v) is 2.78. The van der Waals surface area contributed by atoms with Crippen LogP contribution in [0.15, 0.2) is 18.2 Å². The van der Waals surface area contributed by atoms with Gasteiger partial charge in [0.2, 0.25) is 0 Å². The summed E-state index contributed by atoms with van der Waals surface area (Å²) in [6.45, 7) is 1.33. The summed E-state index contributed by atoms with van der Waals surface area (Å²) >= 11 is 5.89. The third-order valence-electron chi connectivity index (χ3n) is 2.24. The lowest BCUT2D eigenvalue weighted by Gasteiger charge is -2.10. The zero-order chi connectivity index (χ0) is 13.0. The maximum absolute atomic E-state index is 11.2. The number of nitro benzene ring substituents is 1. The molecular formula is C11H9ClN2O3. The quantitative estimate of drug-likeness (QED) is 0.468. The van der Waals surface area contributed by atoms with Gasteiger partial charge in [-0.1, -0.05) is 0 Å². The van der Waals surface area contributed by atoms with Gasteiger partial charge in [-0.3, -0.25) is 14.9 Å². The van der Waals surface area contributed by atoms with Gasteiger partial charge < -0.3 is 0 Å². The SMILES string of the molecule is CC(=O)C(Cl)c1ccc([N+](=O)[O-])cc1CC#N. The summed E-state index contributed by atoms with van der Waals surface area (Å²) in [5.74, 6) is -0.264. The molecule has 0 aromatic heterocycles. The predicted molar refractivity (Wildman–Crippen MR) is 61.7 cm³/mol. The molecule has 0 radical (unpaired) electrons. The number of carbonyl (C=O) groups excluding carboxylic acids is 1. The number of hydrogen-bond donors (Lipinski definition) is 0. The smallest absolute Gasteiger partial charge is 0.269 e. The zero-order valence-electron chi connectivity index (χ0n) is 9.01. The second-order valence-electron chi connectivity index (χ2n) is 3.45. The number of alkyl halides is 1. The first-order valence-electron chi connectivity index (χ1n) is 4.76. The number of nitro groups is 1. The molecule has 0 aliphatic carbocycles. The highest BCUT2D eigenvalue weighted by Gasteiger charge is 2.19. The predicted octanol–water partition coefficient (Wildman–Crippen LogP) is 2.53. The van der Waals surface area contributed by atoms with E-state index in [1.165, 1.54) is 25.1 Å². The Kier molecular flexibility index (Phi) is 4.18. The number of nitriles is 1. The van der Waals surface area contributed by atoms with Crippen molar-refractivity contribution in [2.24, 2.45) is 0 Å². The second-order valence-corrected chi connectivity index (χ2v) is 3.88. The number of Topliss-reactive ketones (excluding diaryl/α,β-unsaturated/α-hetero) is 1. The van der Waals surface area contributed by atoms with E-state index in [4.69, 9.17) is 16.9 Å². The van der Waals surface area contributed by atoms with Gasteiger partial charge in [-0.15, -0.1) is 11.6 Å². The molecule has 0 saturated heterocycles. The molecule has 0 aliphatic rings. The van der Waals surface area contributed by atoms with Crippen molar-refractivity contribution in [3.05, 3.63) is 39.4 Å². The molecule has 0 N–H and O–H groups in total. The first kappa shape index (κ1) is 13.1. The van der Waals surface area contributed by atoms with Gasteiger partial charge in [0.05, 0.1) is 17.4 Å². The first-order chi connectivity index (χ1) is 7.97. The highest BCUT2D eigenvalue weighted by Crippen LogP contribution is 2.28. The second kappa shape index (κ2) is 5.41. The van der Waals surface area contributed by atoms with E-state index in [-0.39, 0.29) is 17.9 Å². The topological polar surface area (TPSA) is 84.0 Å². The van der Waals surface area contributed by atoms with Gasteiger partial charge in [-0.25, -0.2) is 0 Å². The Bertz CT molecular complexity index is 508. The average molecular weight is 253 g/mol. The van der Waals surface area contributed by atoms with Gasteiger partial charge in [0, 0.05) is 12.1 Å². The van der Waals surface area contributed by atoms with Gasteiger partial charge in [-0.05, 0) is 24.1 Å². The van der Waals surface area contributed by atoms with Crippen LogP contribution in [0.1, 0.15) is 23.4 Å². The highest BCUT2D eigenvalue weighted by molar-refractivity contribution is 6.30. The normalized spacial score (nSPS) is 11.6.